The van der Waals surface area contributed by atoms with Gasteiger partial charge in [0, 0.05) is 6.54 Å². The molecule has 7 nitrogen and oxygen atoms in total. The summed E-state index contributed by atoms with van der Waals surface area (Å²) in [4.78, 5) is 35.9. The largest absolute Gasteiger partial charge is 0.480 e. The first-order chi connectivity index (χ1) is 9.96. The number of ether oxygens (including phenoxy) is 1. The molecular formula is C13H24N2O5S. The Hall–Kier alpha value is -1.44. The van der Waals surface area contributed by atoms with Gasteiger partial charge >= 0.3 is 18.0 Å². The molecule has 0 spiro atoms. The average Bonchev–Trinajstić information content (AvgIpc) is 2.42. The molecule has 1 unspecified atom stereocenters. The molecule has 0 aliphatic rings. The molecule has 0 aliphatic carbocycles. The zero-order valence-corrected chi connectivity index (χ0v) is 13.6. The Morgan fingerprint density at radius 2 is 2.00 bits per heavy atom. The highest BCUT2D eigenvalue weighted by molar-refractivity contribution is 7.98. The number of nitrogens with one attached hydrogen (secondary N) is 1. The monoisotopic (exact) mass is 320 g/mol. The maximum absolute atomic E-state index is 12.1. The van der Waals surface area contributed by atoms with Gasteiger partial charge in [-0.1, -0.05) is 6.92 Å². The van der Waals surface area contributed by atoms with E-state index in [1.807, 2.05) is 13.2 Å². The van der Waals surface area contributed by atoms with Crippen molar-refractivity contribution in [2.45, 2.75) is 32.7 Å². The molecule has 21 heavy (non-hydrogen) atoms. The van der Waals surface area contributed by atoms with Gasteiger partial charge in [-0.3, -0.25) is 4.79 Å². The van der Waals surface area contributed by atoms with Gasteiger partial charge in [0.05, 0.1) is 6.61 Å². The third-order valence-electron chi connectivity index (χ3n) is 2.61. The molecule has 0 aliphatic heterocycles. The summed E-state index contributed by atoms with van der Waals surface area (Å²) in [5.74, 6) is -0.954. The number of urea groups is 1. The van der Waals surface area contributed by atoms with Gasteiger partial charge in [-0.2, -0.15) is 11.8 Å². The zero-order valence-electron chi connectivity index (χ0n) is 12.8. The number of amides is 2. The number of rotatable bonds is 10. The number of carboxylic acid groups (broad SMARTS) is 1. The quantitative estimate of drug-likeness (QED) is 0.587. The van der Waals surface area contributed by atoms with Crippen molar-refractivity contribution >= 4 is 29.7 Å². The molecule has 0 saturated carbocycles. The maximum Gasteiger partial charge on any atom is 0.326 e. The number of nitrogens with zero attached hydrogens (tertiary/aromatic N) is 1. The summed E-state index contributed by atoms with van der Waals surface area (Å²) in [6, 6.07) is -1.51. The summed E-state index contributed by atoms with van der Waals surface area (Å²) >= 11 is 1.51. The zero-order chi connectivity index (χ0) is 16.3. The van der Waals surface area contributed by atoms with E-state index >= 15 is 0 Å². The highest BCUT2D eigenvalue weighted by atomic mass is 32.2. The van der Waals surface area contributed by atoms with E-state index in [0.29, 0.717) is 25.1 Å². The van der Waals surface area contributed by atoms with Crippen LogP contribution in [0.5, 0.6) is 0 Å². The van der Waals surface area contributed by atoms with Gasteiger partial charge in [0.2, 0.25) is 0 Å². The molecular weight excluding hydrogens is 296 g/mol. The summed E-state index contributed by atoms with van der Waals surface area (Å²) in [6.45, 7) is 3.98. The second-order valence-electron chi connectivity index (χ2n) is 4.35. The van der Waals surface area contributed by atoms with Crippen molar-refractivity contribution in [3.8, 4) is 0 Å². The number of carbonyl (C=O) groups excluding carboxylic acids is 2. The van der Waals surface area contributed by atoms with Crippen LogP contribution in [0, 0.1) is 0 Å². The molecule has 0 rings (SSSR count). The highest BCUT2D eigenvalue weighted by Gasteiger charge is 2.24. The van der Waals surface area contributed by atoms with Gasteiger partial charge in [0.15, 0.2) is 0 Å². The lowest BCUT2D eigenvalue weighted by molar-refractivity contribution is -0.143. The Balaban J connectivity index is 4.62. The topological polar surface area (TPSA) is 95.9 Å². The van der Waals surface area contributed by atoms with Crippen LogP contribution in [0.25, 0.3) is 0 Å². The van der Waals surface area contributed by atoms with Crippen LogP contribution in [0.3, 0.4) is 0 Å². The van der Waals surface area contributed by atoms with Crippen LogP contribution >= 0.6 is 11.8 Å². The molecule has 0 aromatic carbocycles. The van der Waals surface area contributed by atoms with E-state index in [1.54, 1.807) is 6.92 Å². The molecule has 2 N–H and O–H groups in total. The molecule has 2 amide bonds. The van der Waals surface area contributed by atoms with Crippen molar-refractivity contribution in [2.24, 2.45) is 0 Å². The minimum absolute atomic E-state index is 0.178. The van der Waals surface area contributed by atoms with Crippen LogP contribution < -0.4 is 5.32 Å². The highest BCUT2D eigenvalue weighted by Crippen LogP contribution is 2.03. The number of carboxylic acids is 1. The molecule has 0 heterocycles. The lowest BCUT2D eigenvalue weighted by atomic mass is 10.2. The fourth-order valence-electron chi connectivity index (χ4n) is 1.62. The fourth-order valence-corrected chi connectivity index (χ4v) is 2.09. The molecule has 0 fully saturated rings. The van der Waals surface area contributed by atoms with E-state index in [-0.39, 0.29) is 13.2 Å². The lowest BCUT2D eigenvalue weighted by Gasteiger charge is -2.24. The first-order valence-corrected chi connectivity index (χ1v) is 8.28. The Kier molecular flexibility index (Phi) is 10.5. The van der Waals surface area contributed by atoms with Crippen molar-refractivity contribution in [1.82, 2.24) is 10.2 Å². The first-order valence-electron chi connectivity index (χ1n) is 6.89. The standard InChI is InChI=1S/C13H24N2O5S/c1-4-7-15(9-11(16)20-5-2)13(19)14-10(12(17)18)6-8-21-3/h10H,4-9H2,1-3H3,(H,14,19)(H,17,18). The number of esters is 1. The average molecular weight is 320 g/mol. The Labute approximate surface area is 129 Å². The SMILES string of the molecule is CCCN(CC(=O)OCC)C(=O)NC(CCSC)C(=O)O. The molecule has 0 aromatic heterocycles. The van der Waals surface area contributed by atoms with Crippen LogP contribution in [0.1, 0.15) is 26.7 Å². The lowest BCUT2D eigenvalue weighted by Crippen LogP contribution is -2.50. The Bertz CT molecular complexity index is 351. The van der Waals surface area contributed by atoms with Crippen molar-refractivity contribution in [1.29, 1.82) is 0 Å². The van der Waals surface area contributed by atoms with Crippen molar-refractivity contribution in [2.75, 3.05) is 31.7 Å². The molecule has 0 aromatic rings. The van der Waals surface area contributed by atoms with Crippen LogP contribution in [-0.4, -0.2) is 65.7 Å². The predicted molar refractivity (Wildman–Crippen MR) is 81.5 cm³/mol. The van der Waals surface area contributed by atoms with E-state index in [1.165, 1.54) is 16.7 Å². The van der Waals surface area contributed by atoms with Crippen molar-refractivity contribution in [3.63, 3.8) is 0 Å². The van der Waals surface area contributed by atoms with Crippen molar-refractivity contribution < 1.29 is 24.2 Å². The second kappa shape index (κ2) is 11.2. The van der Waals surface area contributed by atoms with Gasteiger partial charge in [-0.05, 0) is 31.8 Å². The fraction of sp³-hybridized carbons (Fsp3) is 0.769. The minimum atomic E-state index is -1.08. The number of aliphatic carboxylic acids is 1. The van der Waals surface area contributed by atoms with Gasteiger partial charge in [-0.15, -0.1) is 0 Å². The van der Waals surface area contributed by atoms with E-state index in [0.717, 1.165) is 0 Å². The third kappa shape index (κ3) is 8.44. The van der Waals surface area contributed by atoms with Crippen LogP contribution in [0.2, 0.25) is 0 Å². The molecule has 0 saturated heterocycles. The van der Waals surface area contributed by atoms with Gasteiger partial charge in [0.1, 0.15) is 12.6 Å². The molecule has 122 valence electrons. The van der Waals surface area contributed by atoms with Crippen LogP contribution in [0.15, 0.2) is 0 Å². The third-order valence-corrected chi connectivity index (χ3v) is 3.26. The predicted octanol–water partition coefficient (Wildman–Crippen LogP) is 1.18. The van der Waals surface area contributed by atoms with E-state index in [2.05, 4.69) is 5.32 Å². The number of hydrogen-bond acceptors (Lipinski definition) is 5. The Morgan fingerprint density at radius 1 is 1.33 bits per heavy atom. The smallest absolute Gasteiger partial charge is 0.326 e. The second-order valence-corrected chi connectivity index (χ2v) is 5.33. The Morgan fingerprint density at radius 3 is 2.48 bits per heavy atom. The molecule has 0 bridgehead atoms. The summed E-state index contributed by atoms with van der Waals surface area (Å²) in [6.07, 6.45) is 2.86. The van der Waals surface area contributed by atoms with Gasteiger partial charge in [-0.25, -0.2) is 9.59 Å². The summed E-state index contributed by atoms with van der Waals surface area (Å²) in [7, 11) is 0. The molecule has 0 radical (unpaired) electrons. The maximum atomic E-state index is 12.1. The number of thioether (sulfide) groups is 1. The van der Waals surface area contributed by atoms with Crippen molar-refractivity contribution in [3.05, 3.63) is 0 Å². The number of carbonyl (C=O) groups is 3. The van der Waals surface area contributed by atoms with E-state index < -0.39 is 24.0 Å². The molecule has 8 heteroatoms. The summed E-state index contributed by atoms with van der Waals surface area (Å²) in [5, 5.41) is 11.5. The van der Waals surface area contributed by atoms with E-state index in [9.17, 15) is 14.4 Å². The van der Waals surface area contributed by atoms with Gasteiger partial charge in [0.25, 0.3) is 0 Å². The van der Waals surface area contributed by atoms with Crippen LogP contribution in [-0.2, 0) is 14.3 Å². The minimum Gasteiger partial charge on any atom is -0.480 e. The van der Waals surface area contributed by atoms with Gasteiger partial charge < -0.3 is 20.1 Å². The summed E-state index contributed by atoms with van der Waals surface area (Å²) in [5.41, 5.74) is 0. The normalized spacial score (nSPS) is 11.6. The van der Waals surface area contributed by atoms with E-state index in [4.69, 9.17) is 9.84 Å². The molecule has 1 atom stereocenters. The summed E-state index contributed by atoms with van der Waals surface area (Å²) < 4.78 is 4.81. The number of hydrogen-bond donors (Lipinski definition) is 2. The van der Waals surface area contributed by atoms with Crippen LogP contribution in [0.4, 0.5) is 4.79 Å². The first kappa shape index (κ1) is 19.6.